The van der Waals surface area contributed by atoms with Crippen molar-refractivity contribution in [1.29, 1.82) is 0 Å². The lowest BCUT2D eigenvalue weighted by atomic mass is 10.1. The summed E-state index contributed by atoms with van der Waals surface area (Å²) in [6.45, 7) is 3.23. The maximum atomic E-state index is 6.34. The number of hydrogen-bond donors (Lipinski definition) is 1. The Morgan fingerprint density at radius 3 is 2.43 bits per heavy atom. The van der Waals surface area contributed by atoms with Crippen molar-refractivity contribution >= 4 is 34.8 Å². The number of benzene rings is 2. The Kier molecular flexibility index (Phi) is 6.85. The van der Waals surface area contributed by atoms with Crippen LogP contribution >= 0.6 is 34.8 Å². The third kappa shape index (κ3) is 4.92. The first-order chi connectivity index (χ1) is 11.0. The van der Waals surface area contributed by atoms with E-state index < -0.39 is 0 Å². The molecule has 0 saturated heterocycles. The molecular weight excluding hydrogens is 357 g/mol. The van der Waals surface area contributed by atoms with E-state index in [1.165, 1.54) is 0 Å². The fourth-order valence-electron chi connectivity index (χ4n) is 2.12. The SMILES string of the molecule is CCOc1cc(CCN)cc(Cl)c1OCc1ccc(Cl)cc1Cl. The van der Waals surface area contributed by atoms with Gasteiger partial charge in [0.25, 0.3) is 0 Å². The van der Waals surface area contributed by atoms with Gasteiger partial charge in [-0.3, -0.25) is 0 Å². The summed E-state index contributed by atoms with van der Waals surface area (Å²) < 4.78 is 11.5. The summed E-state index contributed by atoms with van der Waals surface area (Å²) in [7, 11) is 0. The van der Waals surface area contributed by atoms with Crippen molar-refractivity contribution in [3.8, 4) is 11.5 Å². The zero-order chi connectivity index (χ0) is 16.8. The Bertz CT molecular complexity index is 677. The van der Waals surface area contributed by atoms with Crippen molar-refractivity contribution in [3.63, 3.8) is 0 Å². The van der Waals surface area contributed by atoms with E-state index in [-0.39, 0.29) is 6.61 Å². The molecule has 2 aromatic carbocycles. The van der Waals surface area contributed by atoms with Crippen LogP contribution in [0.3, 0.4) is 0 Å². The minimum Gasteiger partial charge on any atom is -0.490 e. The first-order valence-electron chi connectivity index (χ1n) is 7.27. The molecule has 2 aromatic rings. The maximum Gasteiger partial charge on any atom is 0.180 e. The van der Waals surface area contributed by atoms with Crippen LogP contribution in [0.2, 0.25) is 15.1 Å². The van der Waals surface area contributed by atoms with Gasteiger partial charge in [-0.15, -0.1) is 0 Å². The maximum absolute atomic E-state index is 6.34. The normalized spacial score (nSPS) is 10.7. The molecule has 6 heteroatoms. The largest absolute Gasteiger partial charge is 0.490 e. The minimum absolute atomic E-state index is 0.270. The van der Waals surface area contributed by atoms with Crippen molar-refractivity contribution in [2.24, 2.45) is 5.73 Å². The molecule has 0 radical (unpaired) electrons. The molecule has 0 heterocycles. The number of ether oxygens (including phenoxy) is 2. The van der Waals surface area contributed by atoms with Crippen molar-refractivity contribution in [3.05, 3.63) is 56.5 Å². The first kappa shape index (κ1) is 18.2. The molecule has 0 saturated carbocycles. The van der Waals surface area contributed by atoms with Gasteiger partial charge in [-0.05, 0) is 49.7 Å². The number of rotatable bonds is 7. The van der Waals surface area contributed by atoms with E-state index in [9.17, 15) is 0 Å². The van der Waals surface area contributed by atoms with Gasteiger partial charge in [0.15, 0.2) is 11.5 Å². The molecule has 2 rings (SSSR count). The van der Waals surface area contributed by atoms with Gasteiger partial charge in [0.1, 0.15) is 6.61 Å². The van der Waals surface area contributed by atoms with E-state index in [2.05, 4.69) is 0 Å². The molecule has 0 aliphatic heterocycles. The van der Waals surface area contributed by atoms with Gasteiger partial charge >= 0.3 is 0 Å². The number of halogens is 3. The Balaban J connectivity index is 2.23. The van der Waals surface area contributed by atoms with Crippen molar-refractivity contribution in [1.82, 2.24) is 0 Å². The first-order valence-corrected chi connectivity index (χ1v) is 8.40. The third-order valence-electron chi connectivity index (χ3n) is 3.19. The summed E-state index contributed by atoms with van der Waals surface area (Å²) in [6.07, 6.45) is 0.725. The molecule has 0 bridgehead atoms. The third-order valence-corrected chi connectivity index (χ3v) is 4.06. The second-order valence-electron chi connectivity index (χ2n) is 4.90. The van der Waals surface area contributed by atoms with Gasteiger partial charge in [-0.1, -0.05) is 40.9 Å². The smallest absolute Gasteiger partial charge is 0.180 e. The van der Waals surface area contributed by atoms with Crippen molar-refractivity contribution in [2.45, 2.75) is 20.0 Å². The van der Waals surface area contributed by atoms with E-state index in [1.54, 1.807) is 12.1 Å². The molecule has 0 aliphatic carbocycles. The quantitative estimate of drug-likeness (QED) is 0.731. The fraction of sp³-hybridized carbons (Fsp3) is 0.294. The second-order valence-corrected chi connectivity index (χ2v) is 6.15. The summed E-state index contributed by atoms with van der Waals surface area (Å²) in [4.78, 5) is 0. The molecule has 0 unspecified atom stereocenters. The topological polar surface area (TPSA) is 44.5 Å². The van der Waals surface area contributed by atoms with E-state index >= 15 is 0 Å². The van der Waals surface area contributed by atoms with Crippen molar-refractivity contribution < 1.29 is 9.47 Å². The Hall–Kier alpha value is -1.13. The van der Waals surface area contributed by atoms with Crippen LogP contribution in [0, 0.1) is 0 Å². The van der Waals surface area contributed by atoms with Crippen LogP contribution in [0.1, 0.15) is 18.1 Å². The molecular formula is C17H18Cl3NO2. The highest BCUT2D eigenvalue weighted by Crippen LogP contribution is 2.37. The van der Waals surface area contributed by atoms with Gasteiger partial charge < -0.3 is 15.2 Å². The number of nitrogens with two attached hydrogens (primary N) is 1. The Morgan fingerprint density at radius 2 is 1.78 bits per heavy atom. The van der Waals surface area contributed by atoms with Gasteiger partial charge in [-0.25, -0.2) is 0 Å². The van der Waals surface area contributed by atoms with E-state index in [0.717, 1.165) is 17.5 Å². The minimum atomic E-state index is 0.270. The predicted octanol–water partition coefficient (Wildman–Crippen LogP) is 5.13. The fourth-order valence-corrected chi connectivity index (χ4v) is 2.87. The molecule has 0 spiro atoms. The summed E-state index contributed by atoms with van der Waals surface area (Å²) >= 11 is 18.4. The predicted molar refractivity (Wildman–Crippen MR) is 96.2 cm³/mol. The Morgan fingerprint density at radius 1 is 1.00 bits per heavy atom. The Labute approximate surface area is 151 Å². The van der Waals surface area contributed by atoms with Crippen LogP contribution < -0.4 is 15.2 Å². The molecule has 124 valence electrons. The summed E-state index contributed by atoms with van der Waals surface area (Å²) in [6, 6.07) is 9.01. The molecule has 0 fully saturated rings. The average molecular weight is 375 g/mol. The molecule has 2 N–H and O–H groups in total. The van der Waals surface area contributed by atoms with Gasteiger partial charge in [0.05, 0.1) is 11.6 Å². The molecule has 3 nitrogen and oxygen atoms in total. The average Bonchev–Trinajstić information content (AvgIpc) is 2.49. The standard InChI is InChI=1S/C17H18Cl3NO2/c1-2-22-16-8-11(5-6-21)7-15(20)17(16)23-10-12-3-4-13(18)9-14(12)19/h3-4,7-9H,2,5-6,10,21H2,1H3. The van der Waals surface area contributed by atoms with Crippen LogP contribution in [0.5, 0.6) is 11.5 Å². The van der Waals surface area contributed by atoms with E-state index in [1.807, 2.05) is 25.1 Å². The summed E-state index contributed by atoms with van der Waals surface area (Å²) in [5.41, 5.74) is 7.43. The van der Waals surface area contributed by atoms with Crippen LogP contribution in [0.25, 0.3) is 0 Å². The zero-order valence-corrected chi connectivity index (χ0v) is 15.0. The van der Waals surface area contributed by atoms with Crippen LogP contribution in [-0.2, 0) is 13.0 Å². The van der Waals surface area contributed by atoms with Crippen LogP contribution in [-0.4, -0.2) is 13.2 Å². The number of hydrogen-bond acceptors (Lipinski definition) is 3. The molecule has 0 atom stereocenters. The highest BCUT2D eigenvalue weighted by atomic mass is 35.5. The lowest BCUT2D eigenvalue weighted by Crippen LogP contribution is -2.05. The summed E-state index contributed by atoms with van der Waals surface area (Å²) in [5, 5.41) is 1.62. The molecule has 0 aliphatic rings. The van der Waals surface area contributed by atoms with Gasteiger partial charge in [0.2, 0.25) is 0 Å². The highest BCUT2D eigenvalue weighted by molar-refractivity contribution is 6.35. The van der Waals surface area contributed by atoms with E-state index in [4.69, 9.17) is 50.0 Å². The molecule has 0 amide bonds. The van der Waals surface area contributed by atoms with Crippen LogP contribution in [0.4, 0.5) is 0 Å². The van der Waals surface area contributed by atoms with Crippen LogP contribution in [0.15, 0.2) is 30.3 Å². The van der Waals surface area contributed by atoms with Gasteiger partial charge in [-0.2, -0.15) is 0 Å². The van der Waals surface area contributed by atoms with Gasteiger partial charge in [0, 0.05) is 15.6 Å². The van der Waals surface area contributed by atoms with Crippen molar-refractivity contribution in [2.75, 3.05) is 13.2 Å². The van der Waals surface area contributed by atoms with E-state index in [0.29, 0.717) is 39.7 Å². The lowest BCUT2D eigenvalue weighted by molar-refractivity contribution is 0.269. The molecule has 23 heavy (non-hydrogen) atoms. The lowest BCUT2D eigenvalue weighted by Gasteiger charge is -2.15. The highest BCUT2D eigenvalue weighted by Gasteiger charge is 2.13. The zero-order valence-electron chi connectivity index (χ0n) is 12.7. The molecule has 0 aromatic heterocycles. The second kappa shape index (κ2) is 8.65. The summed E-state index contributed by atoms with van der Waals surface area (Å²) in [5.74, 6) is 1.11. The monoisotopic (exact) mass is 373 g/mol.